The highest BCUT2D eigenvalue weighted by molar-refractivity contribution is 6.56. The Balaban J connectivity index is 1.99. The van der Waals surface area contributed by atoms with E-state index < -0.39 is 0 Å². The molecule has 18 heavy (non-hydrogen) atoms. The number of hydrogen-bond donors (Lipinski definition) is 1. The average molecular weight is 281 g/mol. The molecule has 1 amide bonds. The summed E-state index contributed by atoms with van der Waals surface area (Å²) in [4.78, 5) is 11.8. The zero-order chi connectivity index (χ0) is 13.1. The minimum absolute atomic E-state index is 0.0953. The summed E-state index contributed by atoms with van der Waals surface area (Å²) in [5.41, 5.74) is 1.04. The van der Waals surface area contributed by atoms with Crippen LogP contribution in [0.15, 0.2) is 40.5 Å². The Morgan fingerprint density at radius 1 is 1.33 bits per heavy atom. The van der Waals surface area contributed by atoms with Crippen LogP contribution in [-0.4, -0.2) is 5.91 Å². The van der Waals surface area contributed by atoms with Gasteiger partial charge in [0.15, 0.2) is 5.70 Å². The number of nitriles is 1. The van der Waals surface area contributed by atoms with Crippen molar-refractivity contribution in [2.24, 2.45) is 5.92 Å². The summed E-state index contributed by atoms with van der Waals surface area (Å²) >= 11 is 10.9. The van der Waals surface area contributed by atoms with Crippen LogP contribution in [0.4, 0.5) is 0 Å². The van der Waals surface area contributed by atoms with Crippen LogP contribution in [0, 0.1) is 17.2 Å². The van der Waals surface area contributed by atoms with E-state index in [4.69, 9.17) is 28.5 Å². The van der Waals surface area contributed by atoms with Crippen molar-refractivity contribution < 1.29 is 4.79 Å². The predicted octanol–water partition coefficient (Wildman–Crippen LogP) is 3.08. The number of allylic oxidation sites excluding steroid dienone is 1. The topological polar surface area (TPSA) is 52.9 Å². The Bertz CT molecular complexity index is 530. The van der Waals surface area contributed by atoms with E-state index in [-0.39, 0.29) is 27.9 Å². The van der Waals surface area contributed by atoms with Gasteiger partial charge in [0.25, 0.3) is 0 Å². The number of nitrogens with zero attached hydrogens (tertiary/aromatic N) is 1. The van der Waals surface area contributed by atoms with Crippen molar-refractivity contribution in [3.63, 3.8) is 0 Å². The Morgan fingerprint density at radius 3 is 2.56 bits per heavy atom. The van der Waals surface area contributed by atoms with Crippen LogP contribution in [0.25, 0.3) is 0 Å². The maximum atomic E-state index is 11.8. The lowest BCUT2D eigenvalue weighted by atomic mass is 10.1. The average Bonchev–Trinajstić information content (AvgIpc) is 3.16. The van der Waals surface area contributed by atoms with Gasteiger partial charge in [0.1, 0.15) is 10.6 Å². The van der Waals surface area contributed by atoms with Gasteiger partial charge in [0.2, 0.25) is 5.91 Å². The van der Waals surface area contributed by atoms with E-state index in [0.717, 1.165) is 12.0 Å². The van der Waals surface area contributed by atoms with Crippen LogP contribution in [-0.2, 0) is 4.79 Å². The SMILES string of the molecule is N#CC(NC(=O)C1CC1c1ccccc1)=C(Cl)Cl. The van der Waals surface area contributed by atoms with Gasteiger partial charge in [-0.1, -0.05) is 53.5 Å². The summed E-state index contributed by atoms with van der Waals surface area (Å²) in [6, 6.07) is 11.6. The lowest BCUT2D eigenvalue weighted by molar-refractivity contribution is -0.121. The maximum absolute atomic E-state index is 11.8. The third-order valence-electron chi connectivity index (χ3n) is 2.90. The molecule has 1 N–H and O–H groups in total. The van der Waals surface area contributed by atoms with Crippen molar-refractivity contribution in [2.45, 2.75) is 12.3 Å². The number of halogens is 2. The second kappa shape index (κ2) is 5.43. The van der Waals surface area contributed by atoms with Crippen LogP contribution in [0.3, 0.4) is 0 Å². The molecule has 0 bridgehead atoms. The highest BCUT2D eigenvalue weighted by Gasteiger charge is 2.44. The monoisotopic (exact) mass is 280 g/mol. The number of benzene rings is 1. The third-order valence-corrected chi connectivity index (χ3v) is 3.28. The molecule has 92 valence electrons. The summed E-state index contributed by atoms with van der Waals surface area (Å²) in [6.45, 7) is 0. The Kier molecular flexibility index (Phi) is 3.90. The maximum Gasteiger partial charge on any atom is 0.228 e. The molecule has 2 rings (SSSR count). The zero-order valence-corrected chi connectivity index (χ0v) is 10.9. The molecule has 0 aromatic heterocycles. The smallest absolute Gasteiger partial charge is 0.228 e. The number of carbonyl (C=O) groups is 1. The Labute approximate surface area is 115 Å². The first-order valence-corrected chi connectivity index (χ1v) is 6.20. The summed E-state index contributed by atoms with van der Waals surface area (Å²) in [6.07, 6.45) is 0.786. The van der Waals surface area contributed by atoms with Gasteiger partial charge in [-0.3, -0.25) is 4.79 Å². The van der Waals surface area contributed by atoms with Crippen molar-refractivity contribution in [2.75, 3.05) is 0 Å². The van der Waals surface area contributed by atoms with Gasteiger partial charge in [-0.15, -0.1) is 0 Å². The molecule has 0 heterocycles. The highest BCUT2D eigenvalue weighted by atomic mass is 35.5. The van der Waals surface area contributed by atoms with E-state index >= 15 is 0 Å². The second-order valence-electron chi connectivity index (χ2n) is 4.10. The van der Waals surface area contributed by atoms with Gasteiger partial charge in [-0.05, 0) is 17.9 Å². The van der Waals surface area contributed by atoms with Crippen molar-refractivity contribution in [1.82, 2.24) is 5.32 Å². The van der Waals surface area contributed by atoms with Crippen molar-refractivity contribution in [1.29, 1.82) is 5.26 Å². The van der Waals surface area contributed by atoms with Gasteiger partial charge in [-0.2, -0.15) is 5.26 Å². The first kappa shape index (κ1) is 12.9. The molecule has 2 atom stereocenters. The lowest BCUT2D eigenvalue weighted by Crippen LogP contribution is -2.24. The number of hydrogen-bond acceptors (Lipinski definition) is 2. The van der Waals surface area contributed by atoms with Gasteiger partial charge in [-0.25, -0.2) is 0 Å². The third kappa shape index (κ3) is 2.84. The van der Waals surface area contributed by atoms with E-state index in [2.05, 4.69) is 5.32 Å². The molecule has 0 radical (unpaired) electrons. The largest absolute Gasteiger partial charge is 0.315 e. The molecule has 0 spiro atoms. The van der Waals surface area contributed by atoms with Gasteiger partial charge >= 0.3 is 0 Å². The number of nitrogens with one attached hydrogen (secondary N) is 1. The van der Waals surface area contributed by atoms with Gasteiger partial charge in [0.05, 0.1) is 0 Å². The molecule has 3 nitrogen and oxygen atoms in total. The van der Waals surface area contributed by atoms with Gasteiger partial charge in [0, 0.05) is 5.92 Å². The van der Waals surface area contributed by atoms with Crippen molar-refractivity contribution in [3.05, 3.63) is 46.1 Å². The molecule has 5 heteroatoms. The summed E-state index contributed by atoms with van der Waals surface area (Å²) < 4.78 is -0.220. The van der Waals surface area contributed by atoms with Crippen LogP contribution in [0.1, 0.15) is 17.9 Å². The minimum atomic E-state index is -0.220. The van der Waals surface area contributed by atoms with E-state index in [1.807, 2.05) is 30.3 Å². The summed E-state index contributed by atoms with van der Waals surface area (Å²) in [7, 11) is 0. The number of rotatable bonds is 3. The summed E-state index contributed by atoms with van der Waals surface area (Å²) in [5, 5.41) is 11.2. The fraction of sp³-hybridized carbons (Fsp3) is 0.231. The molecule has 0 aliphatic heterocycles. The second-order valence-corrected chi connectivity index (χ2v) is 5.05. The molecule has 2 unspecified atom stereocenters. The quantitative estimate of drug-likeness (QED) is 0.865. The van der Waals surface area contributed by atoms with Crippen molar-refractivity contribution in [3.8, 4) is 6.07 Å². The van der Waals surface area contributed by atoms with E-state index in [1.165, 1.54) is 0 Å². The molecule has 1 aromatic carbocycles. The van der Waals surface area contributed by atoms with Crippen molar-refractivity contribution >= 4 is 29.1 Å². The van der Waals surface area contributed by atoms with Crippen LogP contribution >= 0.6 is 23.2 Å². The molecular formula is C13H10Cl2N2O. The van der Waals surface area contributed by atoms with Gasteiger partial charge < -0.3 is 5.32 Å². The van der Waals surface area contributed by atoms with E-state index in [1.54, 1.807) is 6.07 Å². The fourth-order valence-electron chi connectivity index (χ4n) is 1.89. The lowest BCUT2D eigenvalue weighted by Gasteiger charge is -2.03. The number of carbonyl (C=O) groups excluding carboxylic acids is 1. The molecule has 0 saturated heterocycles. The predicted molar refractivity (Wildman–Crippen MR) is 69.8 cm³/mol. The Hall–Kier alpha value is -1.50. The highest BCUT2D eigenvalue weighted by Crippen LogP contribution is 2.47. The molecule has 1 aromatic rings. The minimum Gasteiger partial charge on any atom is -0.315 e. The first-order valence-electron chi connectivity index (χ1n) is 5.44. The molecule has 1 aliphatic rings. The zero-order valence-electron chi connectivity index (χ0n) is 9.36. The van der Waals surface area contributed by atoms with Crippen LogP contribution in [0.2, 0.25) is 0 Å². The standard InChI is InChI=1S/C13H10Cl2N2O/c14-12(15)11(7-16)17-13(18)10-6-9(10)8-4-2-1-3-5-8/h1-5,9-10H,6H2,(H,17,18). The molecular weight excluding hydrogens is 271 g/mol. The van der Waals surface area contributed by atoms with Crippen LogP contribution in [0.5, 0.6) is 0 Å². The fourth-order valence-corrected chi connectivity index (χ4v) is 2.07. The molecule has 1 saturated carbocycles. The number of amides is 1. The Morgan fingerprint density at radius 2 is 2.00 bits per heavy atom. The molecule has 1 fully saturated rings. The van der Waals surface area contributed by atoms with E-state index in [0.29, 0.717) is 0 Å². The normalized spacial score (nSPS) is 20.7. The van der Waals surface area contributed by atoms with Crippen LogP contribution < -0.4 is 5.32 Å². The first-order chi connectivity index (χ1) is 8.63. The molecule has 1 aliphatic carbocycles. The van der Waals surface area contributed by atoms with E-state index in [9.17, 15) is 4.79 Å². The summed E-state index contributed by atoms with van der Waals surface area (Å²) in [5.74, 6) is -0.0946.